The summed E-state index contributed by atoms with van der Waals surface area (Å²) in [5.74, 6) is 0.603. The maximum atomic E-state index is 10.9. The van der Waals surface area contributed by atoms with Crippen molar-refractivity contribution in [3.05, 3.63) is 17.8 Å². The quantitative estimate of drug-likeness (QED) is 0.639. The van der Waals surface area contributed by atoms with Crippen molar-refractivity contribution >= 4 is 17.4 Å². The van der Waals surface area contributed by atoms with E-state index in [9.17, 15) is 4.79 Å². The summed E-state index contributed by atoms with van der Waals surface area (Å²) in [7, 11) is 1.59. The molecule has 5 heteroatoms. The van der Waals surface area contributed by atoms with Gasteiger partial charge in [0.15, 0.2) is 0 Å². The van der Waals surface area contributed by atoms with Crippen LogP contribution in [-0.4, -0.2) is 24.5 Å². The van der Waals surface area contributed by atoms with Crippen LogP contribution in [0.15, 0.2) is 12.3 Å². The van der Waals surface area contributed by atoms with Gasteiger partial charge in [-0.1, -0.05) is 0 Å². The van der Waals surface area contributed by atoms with E-state index < -0.39 is 0 Å². The van der Waals surface area contributed by atoms with Gasteiger partial charge in [-0.15, -0.1) is 0 Å². The number of nitrogens with two attached hydrogens (primary N) is 1. The van der Waals surface area contributed by atoms with E-state index in [0.717, 1.165) is 5.56 Å². The number of rotatable bonds is 3. The Balaban J connectivity index is 2.63. The maximum Gasteiger partial charge on any atom is 0.239 e. The Morgan fingerprint density at radius 1 is 1.64 bits per heavy atom. The second kappa shape index (κ2) is 4.45. The summed E-state index contributed by atoms with van der Waals surface area (Å²) in [5.41, 5.74) is 7.08. The van der Waals surface area contributed by atoms with E-state index in [1.807, 2.05) is 6.92 Å². The lowest BCUT2D eigenvalue weighted by atomic mass is 10.2. The Labute approximate surface area is 82.7 Å². The molecule has 0 fully saturated rings. The molecule has 0 aliphatic heterocycles. The lowest BCUT2D eigenvalue weighted by Crippen LogP contribution is -2.26. The second-order valence-electron chi connectivity index (χ2n) is 2.96. The predicted molar refractivity (Wildman–Crippen MR) is 55.9 cm³/mol. The van der Waals surface area contributed by atoms with Crippen LogP contribution in [-0.2, 0) is 4.79 Å². The van der Waals surface area contributed by atoms with Crippen molar-refractivity contribution < 1.29 is 4.79 Å². The fourth-order valence-corrected chi connectivity index (χ4v) is 1.03. The topological polar surface area (TPSA) is 80.0 Å². The number of aryl methyl sites for hydroxylation is 1. The summed E-state index contributed by atoms with van der Waals surface area (Å²) in [6, 6.07) is 1.80. The highest BCUT2D eigenvalue weighted by Gasteiger charge is 2.01. The average Bonchev–Trinajstić information content (AvgIpc) is 2.16. The van der Waals surface area contributed by atoms with Crippen molar-refractivity contribution in [1.29, 1.82) is 0 Å². The first-order valence-electron chi connectivity index (χ1n) is 4.30. The molecule has 0 aliphatic carbocycles. The number of likely N-dealkylation sites (N-methyl/N-ethyl adjacent to an activating group) is 1. The number of carbonyl (C=O) groups is 1. The molecule has 0 saturated heterocycles. The summed E-state index contributed by atoms with van der Waals surface area (Å²) < 4.78 is 0. The molecule has 0 aliphatic rings. The molecule has 0 radical (unpaired) electrons. The number of carbonyl (C=O) groups excluding carboxylic acids is 1. The number of anilines is 2. The minimum atomic E-state index is -0.0805. The first kappa shape index (κ1) is 10.3. The summed E-state index contributed by atoms with van der Waals surface area (Å²) in [6.07, 6.45) is 1.55. The zero-order chi connectivity index (χ0) is 10.6. The van der Waals surface area contributed by atoms with Crippen molar-refractivity contribution in [3.63, 3.8) is 0 Å². The Bertz CT molecular complexity index is 338. The van der Waals surface area contributed by atoms with E-state index in [0.29, 0.717) is 11.5 Å². The number of amides is 1. The van der Waals surface area contributed by atoms with Crippen molar-refractivity contribution in [2.75, 3.05) is 24.6 Å². The van der Waals surface area contributed by atoms with Gasteiger partial charge >= 0.3 is 0 Å². The van der Waals surface area contributed by atoms with Gasteiger partial charge in [-0.05, 0) is 18.6 Å². The number of aromatic nitrogens is 1. The molecule has 1 heterocycles. The Kier molecular flexibility index (Phi) is 3.28. The lowest BCUT2D eigenvalue weighted by Gasteiger charge is -2.07. The lowest BCUT2D eigenvalue weighted by molar-refractivity contribution is -0.118. The van der Waals surface area contributed by atoms with Gasteiger partial charge in [-0.25, -0.2) is 4.98 Å². The van der Waals surface area contributed by atoms with Crippen LogP contribution in [0.4, 0.5) is 11.5 Å². The fourth-order valence-electron chi connectivity index (χ4n) is 1.03. The number of nitrogens with zero attached hydrogens (tertiary/aromatic N) is 1. The van der Waals surface area contributed by atoms with Crippen molar-refractivity contribution in [2.45, 2.75) is 6.92 Å². The number of hydrogen-bond acceptors (Lipinski definition) is 4. The van der Waals surface area contributed by atoms with Crippen LogP contribution >= 0.6 is 0 Å². The molecule has 0 unspecified atom stereocenters. The van der Waals surface area contributed by atoms with Crippen molar-refractivity contribution in [1.82, 2.24) is 10.3 Å². The third-order valence-electron chi connectivity index (χ3n) is 1.79. The second-order valence-corrected chi connectivity index (χ2v) is 2.96. The molecule has 1 aromatic heterocycles. The van der Waals surface area contributed by atoms with E-state index in [1.165, 1.54) is 0 Å². The SMILES string of the molecule is CNC(=O)CNc1ncc(N)cc1C. The molecule has 76 valence electrons. The molecule has 0 spiro atoms. The predicted octanol–water partition coefficient (Wildman–Crippen LogP) is 0.130. The third-order valence-corrected chi connectivity index (χ3v) is 1.79. The van der Waals surface area contributed by atoms with Gasteiger partial charge in [0.2, 0.25) is 5.91 Å². The van der Waals surface area contributed by atoms with Crippen LogP contribution in [0.3, 0.4) is 0 Å². The number of nitrogen functional groups attached to an aromatic ring is 1. The van der Waals surface area contributed by atoms with E-state index in [1.54, 1.807) is 19.3 Å². The molecule has 14 heavy (non-hydrogen) atoms. The van der Waals surface area contributed by atoms with Crippen molar-refractivity contribution in [2.24, 2.45) is 0 Å². The van der Waals surface area contributed by atoms with Gasteiger partial charge in [-0.2, -0.15) is 0 Å². The molecule has 4 N–H and O–H groups in total. The van der Waals surface area contributed by atoms with E-state index in [-0.39, 0.29) is 12.5 Å². The minimum Gasteiger partial charge on any atom is -0.397 e. The van der Waals surface area contributed by atoms with Gasteiger partial charge in [0.05, 0.1) is 18.4 Å². The molecule has 1 aromatic rings. The monoisotopic (exact) mass is 194 g/mol. The molecule has 0 aromatic carbocycles. The minimum absolute atomic E-state index is 0.0805. The van der Waals surface area contributed by atoms with Gasteiger partial charge in [0.1, 0.15) is 5.82 Å². The highest BCUT2D eigenvalue weighted by atomic mass is 16.1. The van der Waals surface area contributed by atoms with Gasteiger partial charge in [0, 0.05) is 7.05 Å². The number of nitrogens with one attached hydrogen (secondary N) is 2. The van der Waals surface area contributed by atoms with Gasteiger partial charge in [0.25, 0.3) is 0 Å². The maximum absolute atomic E-state index is 10.9. The zero-order valence-corrected chi connectivity index (χ0v) is 8.29. The molecule has 1 rings (SSSR count). The van der Waals surface area contributed by atoms with Crippen LogP contribution < -0.4 is 16.4 Å². The Morgan fingerprint density at radius 3 is 2.93 bits per heavy atom. The summed E-state index contributed by atoms with van der Waals surface area (Å²) >= 11 is 0. The van der Waals surface area contributed by atoms with Gasteiger partial charge in [-0.3, -0.25) is 4.79 Å². The average molecular weight is 194 g/mol. The smallest absolute Gasteiger partial charge is 0.239 e. The Hall–Kier alpha value is -1.78. The Morgan fingerprint density at radius 2 is 2.36 bits per heavy atom. The van der Waals surface area contributed by atoms with E-state index >= 15 is 0 Å². The number of pyridine rings is 1. The fraction of sp³-hybridized carbons (Fsp3) is 0.333. The summed E-state index contributed by atoms with van der Waals surface area (Å²) in [6.45, 7) is 2.10. The highest BCUT2D eigenvalue weighted by Crippen LogP contribution is 2.12. The first-order valence-corrected chi connectivity index (χ1v) is 4.30. The molecule has 0 bridgehead atoms. The molecular formula is C9H14N4O. The zero-order valence-electron chi connectivity index (χ0n) is 8.29. The normalized spacial score (nSPS) is 9.57. The van der Waals surface area contributed by atoms with Crippen LogP contribution in [0, 0.1) is 6.92 Å². The van der Waals surface area contributed by atoms with Crippen LogP contribution in [0.1, 0.15) is 5.56 Å². The molecule has 0 atom stereocenters. The highest BCUT2D eigenvalue weighted by molar-refractivity contribution is 5.80. The van der Waals surface area contributed by atoms with Crippen LogP contribution in [0.2, 0.25) is 0 Å². The standard InChI is InChI=1S/C9H14N4O/c1-6-3-7(10)4-12-9(6)13-5-8(14)11-2/h3-4H,5,10H2,1-2H3,(H,11,14)(H,12,13). The van der Waals surface area contributed by atoms with Gasteiger partial charge < -0.3 is 16.4 Å². The van der Waals surface area contributed by atoms with Crippen molar-refractivity contribution in [3.8, 4) is 0 Å². The molecular weight excluding hydrogens is 180 g/mol. The summed E-state index contributed by atoms with van der Waals surface area (Å²) in [5, 5.41) is 5.42. The van der Waals surface area contributed by atoms with E-state index in [2.05, 4.69) is 15.6 Å². The van der Waals surface area contributed by atoms with Crippen LogP contribution in [0.5, 0.6) is 0 Å². The number of hydrogen-bond donors (Lipinski definition) is 3. The van der Waals surface area contributed by atoms with E-state index in [4.69, 9.17) is 5.73 Å². The largest absolute Gasteiger partial charge is 0.397 e. The molecule has 0 saturated carbocycles. The molecule has 5 nitrogen and oxygen atoms in total. The summed E-state index contributed by atoms with van der Waals surface area (Å²) in [4.78, 5) is 15.0. The first-order chi connectivity index (χ1) is 6.63. The van der Waals surface area contributed by atoms with Crippen LogP contribution in [0.25, 0.3) is 0 Å². The third kappa shape index (κ3) is 2.62. The molecule has 1 amide bonds.